The van der Waals surface area contributed by atoms with Gasteiger partial charge in [0, 0.05) is 19.1 Å². The Bertz CT molecular complexity index is 1130. The highest BCUT2D eigenvalue weighted by atomic mass is 35.5. The van der Waals surface area contributed by atoms with Crippen LogP contribution in [0, 0.1) is 5.92 Å². The Morgan fingerprint density at radius 1 is 1.23 bits per heavy atom. The summed E-state index contributed by atoms with van der Waals surface area (Å²) in [7, 11) is 1.28. The molecule has 2 unspecified atom stereocenters. The number of carbonyl (C=O) groups is 1. The molecular weight excluding hydrogens is 418 g/mol. The first kappa shape index (κ1) is 21.1. The second-order valence-corrected chi connectivity index (χ2v) is 7.61. The zero-order valence-electron chi connectivity index (χ0n) is 17.0. The van der Waals surface area contributed by atoms with Gasteiger partial charge in [0.25, 0.3) is 5.56 Å². The number of hydrogen-bond acceptors (Lipinski definition) is 6. The molecule has 2 aromatic carbocycles. The van der Waals surface area contributed by atoms with Gasteiger partial charge in [0.15, 0.2) is 0 Å². The quantitative estimate of drug-likeness (QED) is 0.587. The minimum absolute atomic E-state index is 0.00449. The predicted octanol–water partition coefficient (Wildman–Crippen LogP) is 3.86. The maximum atomic E-state index is 12.9. The molecule has 0 radical (unpaired) electrons. The number of esters is 1. The summed E-state index contributed by atoms with van der Waals surface area (Å²) in [5, 5.41) is 7.48. The van der Waals surface area contributed by atoms with E-state index in [9.17, 15) is 9.59 Å². The number of para-hydroxylation sites is 1. The zero-order valence-corrected chi connectivity index (χ0v) is 17.7. The van der Waals surface area contributed by atoms with Crippen LogP contribution >= 0.6 is 11.6 Å². The molecule has 2 heterocycles. The molecule has 1 aromatic heterocycles. The van der Waals surface area contributed by atoms with E-state index in [0.29, 0.717) is 24.5 Å². The summed E-state index contributed by atoms with van der Waals surface area (Å²) in [4.78, 5) is 24.9. The maximum Gasteiger partial charge on any atom is 0.340 e. The number of hydrogen-bond donors (Lipinski definition) is 1. The van der Waals surface area contributed by atoms with Crippen LogP contribution < -0.4 is 10.9 Å². The lowest BCUT2D eigenvalue weighted by Crippen LogP contribution is -2.26. The highest BCUT2D eigenvalue weighted by molar-refractivity contribution is 6.33. The average molecular weight is 440 g/mol. The predicted molar refractivity (Wildman–Crippen MR) is 118 cm³/mol. The van der Waals surface area contributed by atoms with E-state index in [-0.39, 0.29) is 22.6 Å². The standard InChI is InChI=1S/C23H22ClN3O4/c1-30-23(29)17-9-5-6-10-19(17)27-22(28)20(24)18(14-26-27)25-13-16-11-12-31-21(16)15-7-3-2-4-8-15/h2-10,14,16,21,25H,11-13H2,1H3. The molecule has 0 spiro atoms. The Kier molecular flexibility index (Phi) is 6.34. The third-order valence-corrected chi connectivity index (χ3v) is 5.72. The van der Waals surface area contributed by atoms with Crippen LogP contribution in [0.2, 0.25) is 5.02 Å². The van der Waals surface area contributed by atoms with Crippen LogP contribution in [0.5, 0.6) is 0 Å². The molecule has 4 rings (SSSR count). The lowest BCUT2D eigenvalue weighted by molar-refractivity contribution is 0.0600. The molecule has 2 atom stereocenters. The molecule has 0 bridgehead atoms. The topological polar surface area (TPSA) is 82.5 Å². The fraction of sp³-hybridized carbons (Fsp3) is 0.261. The number of nitrogens with zero attached hydrogens (tertiary/aromatic N) is 2. The van der Waals surface area contributed by atoms with Crippen molar-refractivity contribution < 1.29 is 14.3 Å². The molecule has 1 aliphatic rings. The van der Waals surface area contributed by atoms with E-state index in [1.165, 1.54) is 13.3 Å². The first-order valence-corrected chi connectivity index (χ1v) is 10.3. The molecule has 8 heteroatoms. The van der Waals surface area contributed by atoms with Crippen molar-refractivity contribution in [3.05, 3.63) is 87.3 Å². The summed E-state index contributed by atoms with van der Waals surface area (Å²) < 4.78 is 11.8. The van der Waals surface area contributed by atoms with Crippen molar-refractivity contribution >= 4 is 23.3 Å². The Labute approximate surface area is 184 Å². The largest absolute Gasteiger partial charge is 0.465 e. The number of nitrogens with one attached hydrogen (secondary N) is 1. The number of carbonyl (C=O) groups excluding carboxylic acids is 1. The van der Waals surface area contributed by atoms with Gasteiger partial charge in [0.05, 0.1) is 36.3 Å². The maximum absolute atomic E-state index is 12.9. The van der Waals surface area contributed by atoms with Gasteiger partial charge in [-0.2, -0.15) is 9.78 Å². The molecule has 3 aromatic rings. The van der Waals surface area contributed by atoms with Crippen LogP contribution in [0.4, 0.5) is 5.69 Å². The third kappa shape index (κ3) is 4.33. The number of aromatic nitrogens is 2. The number of rotatable bonds is 6. The summed E-state index contributed by atoms with van der Waals surface area (Å²) in [6, 6.07) is 16.6. The van der Waals surface area contributed by atoms with Gasteiger partial charge >= 0.3 is 5.97 Å². The van der Waals surface area contributed by atoms with Crippen molar-refractivity contribution in [1.82, 2.24) is 9.78 Å². The molecule has 0 saturated carbocycles. The lowest BCUT2D eigenvalue weighted by Gasteiger charge is -2.20. The van der Waals surface area contributed by atoms with E-state index in [0.717, 1.165) is 16.7 Å². The molecule has 31 heavy (non-hydrogen) atoms. The van der Waals surface area contributed by atoms with E-state index in [4.69, 9.17) is 21.1 Å². The number of ether oxygens (including phenoxy) is 2. The summed E-state index contributed by atoms with van der Waals surface area (Å²) in [5.74, 6) is -0.322. The van der Waals surface area contributed by atoms with E-state index in [1.54, 1.807) is 24.3 Å². The molecule has 160 valence electrons. The lowest BCUT2D eigenvalue weighted by atomic mass is 9.95. The minimum Gasteiger partial charge on any atom is -0.465 e. The van der Waals surface area contributed by atoms with Crippen molar-refractivity contribution in [2.24, 2.45) is 5.92 Å². The van der Waals surface area contributed by atoms with E-state index < -0.39 is 11.5 Å². The number of methoxy groups -OCH3 is 1. The van der Waals surface area contributed by atoms with Gasteiger partial charge in [0.1, 0.15) is 5.02 Å². The van der Waals surface area contributed by atoms with Crippen LogP contribution in [0.25, 0.3) is 5.69 Å². The molecule has 1 N–H and O–H groups in total. The van der Waals surface area contributed by atoms with Gasteiger partial charge in [-0.1, -0.05) is 54.1 Å². The highest BCUT2D eigenvalue weighted by Gasteiger charge is 2.29. The number of anilines is 1. The molecule has 0 aliphatic carbocycles. The van der Waals surface area contributed by atoms with Gasteiger partial charge in [-0.05, 0) is 24.1 Å². The van der Waals surface area contributed by atoms with Gasteiger partial charge in [-0.15, -0.1) is 0 Å². The zero-order chi connectivity index (χ0) is 21.8. The first-order chi connectivity index (χ1) is 15.1. The van der Waals surface area contributed by atoms with Gasteiger partial charge < -0.3 is 14.8 Å². The van der Waals surface area contributed by atoms with Crippen LogP contribution in [-0.2, 0) is 9.47 Å². The van der Waals surface area contributed by atoms with Crippen molar-refractivity contribution in [2.75, 3.05) is 25.6 Å². The minimum atomic E-state index is -0.559. The Balaban J connectivity index is 1.55. The summed E-state index contributed by atoms with van der Waals surface area (Å²) >= 11 is 6.37. The number of benzene rings is 2. The second kappa shape index (κ2) is 9.32. The van der Waals surface area contributed by atoms with Gasteiger partial charge in [-0.3, -0.25) is 4.79 Å². The third-order valence-electron chi connectivity index (χ3n) is 5.35. The van der Waals surface area contributed by atoms with Crippen LogP contribution in [0.3, 0.4) is 0 Å². The van der Waals surface area contributed by atoms with Crippen LogP contribution in [0.1, 0.15) is 28.4 Å². The average Bonchev–Trinajstić information content (AvgIpc) is 3.29. The van der Waals surface area contributed by atoms with Crippen molar-refractivity contribution in [2.45, 2.75) is 12.5 Å². The smallest absolute Gasteiger partial charge is 0.340 e. The van der Waals surface area contributed by atoms with Gasteiger partial charge in [-0.25, -0.2) is 4.79 Å². The van der Waals surface area contributed by atoms with E-state index in [2.05, 4.69) is 22.5 Å². The summed E-state index contributed by atoms with van der Waals surface area (Å²) in [5.41, 5.74) is 1.58. The van der Waals surface area contributed by atoms with E-state index >= 15 is 0 Å². The fourth-order valence-electron chi connectivity index (χ4n) is 3.76. The Morgan fingerprint density at radius 2 is 1.97 bits per heavy atom. The molecule has 1 aliphatic heterocycles. The SMILES string of the molecule is COC(=O)c1ccccc1-n1ncc(NCC2CCOC2c2ccccc2)c(Cl)c1=O. The summed E-state index contributed by atoms with van der Waals surface area (Å²) in [6.45, 7) is 1.27. The van der Waals surface area contributed by atoms with E-state index in [1.807, 2.05) is 18.2 Å². The van der Waals surface area contributed by atoms with Crippen molar-refractivity contribution in [3.8, 4) is 5.69 Å². The molecule has 1 fully saturated rings. The Hall–Kier alpha value is -3.16. The summed E-state index contributed by atoms with van der Waals surface area (Å²) in [6.07, 6.45) is 2.39. The monoisotopic (exact) mass is 439 g/mol. The normalized spacial score (nSPS) is 18.0. The number of halogens is 1. The van der Waals surface area contributed by atoms with Gasteiger partial charge in [0.2, 0.25) is 0 Å². The molecule has 1 saturated heterocycles. The first-order valence-electron chi connectivity index (χ1n) is 9.96. The highest BCUT2D eigenvalue weighted by Crippen LogP contribution is 2.34. The Morgan fingerprint density at radius 3 is 2.74 bits per heavy atom. The van der Waals surface area contributed by atoms with Crippen LogP contribution in [0.15, 0.2) is 65.6 Å². The van der Waals surface area contributed by atoms with Crippen molar-refractivity contribution in [1.29, 1.82) is 0 Å². The van der Waals surface area contributed by atoms with Crippen LogP contribution in [-0.4, -0.2) is 36.0 Å². The fourth-order valence-corrected chi connectivity index (χ4v) is 3.96. The molecular formula is C23H22ClN3O4. The molecule has 0 amide bonds. The second-order valence-electron chi connectivity index (χ2n) is 7.23. The van der Waals surface area contributed by atoms with Crippen molar-refractivity contribution in [3.63, 3.8) is 0 Å². The molecule has 7 nitrogen and oxygen atoms in total.